The Labute approximate surface area is 255 Å². The molecule has 9 unspecified atom stereocenters. The summed E-state index contributed by atoms with van der Waals surface area (Å²) < 4.78 is 12.5. The van der Waals surface area contributed by atoms with E-state index in [0.29, 0.717) is 17.6 Å². The Hall–Kier alpha value is -2.55. The van der Waals surface area contributed by atoms with Crippen LogP contribution in [0.3, 0.4) is 0 Å². The third-order valence-corrected chi connectivity index (χ3v) is 10.9. The second-order valence-electron chi connectivity index (χ2n) is 13.8. The summed E-state index contributed by atoms with van der Waals surface area (Å²) in [7, 11) is 0. The molecule has 0 amide bonds. The third kappa shape index (κ3) is 5.17. The molecule has 0 saturated heterocycles. The molecule has 8 heteroatoms. The lowest BCUT2D eigenvalue weighted by Crippen LogP contribution is -2.66. The Morgan fingerprint density at radius 3 is 2.47 bits per heavy atom. The van der Waals surface area contributed by atoms with Gasteiger partial charge in [-0.25, -0.2) is 4.79 Å². The lowest BCUT2D eigenvalue weighted by atomic mass is 9.59. The number of allylic oxidation sites excluding steroid dienone is 3. The molecule has 0 radical (unpaired) electrons. The van der Waals surface area contributed by atoms with E-state index in [-0.39, 0.29) is 6.42 Å². The second kappa shape index (κ2) is 12.1. The van der Waals surface area contributed by atoms with Crippen molar-refractivity contribution in [2.24, 2.45) is 35.0 Å². The molecule has 0 heterocycles. The second-order valence-corrected chi connectivity index (χ2v) is 13.8. The molecule has 2 saturated carbocycles. The summed E-state index contributed by atoms with van der Waals surface area (Å²) >= 11 is 0. The molecule has 4 aliphatic carbocycles. The van der Waals surface area contributed by atoms with E-state index >= 15 is 0 Å². The average Bonchev–Trinajstić information content (AvgIpc) is 3.39. The van der Waals surface area contributed by atoms with Crippen LogP contribution < -0.4 is 0 Å². The van der Waals surface area contributed by atoms with Crippen LogP contribution in [-0.4, -0.2) is 62.6 Å². The molecule has 9 atom stereocenters. The van der Waals surface area contributed by atoms with Crippen molar-refractivity contribution in [1.29, 1.82) is 0 Å². The first-order valence-corrected chi connectivity index (χ1v) is 15.9. The number of unbranched alkanes of at least 4 members (excludes halogenated alkanes) is 3. The van der Waals surface area contributed by atoms with E-state index in [1.807, 2.05) is 26.8 Å². The number of aliphatic hydroxyl groups is 3. The molecule has 8 nitrogen and oxygen atoms in total. The number of Topliss-reactive ketones (excluding diaryl/α,β-unsaturated/α-hetero) is 1. The molecule has 2 fully saturated rings. The van der Waals surface area contributed by atoms with Crippen molar-refractivity contribution in [3.63, 3.8) is 0 Å². The Morgan fingerprint density at radius 2 is 1.84 bits per heavy atom. The number of rotatable bonds is 11. The van der Waals surface area contributed by atoms with Gasteiger partial charge in [0, 0.05) is 41.6 Å². The molecule has 3 N–H and O–H groups in total. The predicted molar refractivity (Wildman–Crippen MR) is 162 cm³/mol. The fraction of sp³-hybridized carbons (Fsp3) is 0.686. The van der Waals surface area contributed by atoms with Gasteiger partial charge in [-0.1, -0.05) is 84.8 Å². The number of esters is 2. The molecule has 0 bridgehead atoms. The van der Waals surface area contributed by atoms with Crippen LogP contribution in [0.25, 0.3) is 0 Å². The van der Waals surface area contributed by atoms with Crippen molar-refractivity contribution in [2.45, 2.75) is 110 Å². The van der Waals surface area contributed by atoms with E-state index in [1.54, 1.807) is 45.1 Å². The van der Waals surface area contributed by atoms with Gasteiger partial charge >= 0.3 is 11.9 Å². The smallest absolute Gasteiger partial charge is 0.331 e. The van der Waals surface area contributed by atoms with Crippen LogP contribution in [0.5, 0.6) is 0 Å². The number of aliphatic hydroxyl groups excluding tert-OH is 1. The van der Waals surface area contributed by atoms with Gasteiger partial charge in [0.2, 0.25) is 0 Å². The van der Waals surface area contributed by atoms with Crippen molar-refractivity contribution < 1.29 is 39.2 Å². The summed E-state index contributed by atoms with van der Waals surface area (Å²) in [6, 6.07) is 0. The normalized spacial score (nSPS) is 38.5. The van der Waals surface area contributed by atoms with E-state index < -0.39 is 82.2 Å². The molecule has 238 valence electrons. The van der Waals surface area contributed by atoms with Gasteiger partial charge in [0.05, 0.1) is 18.1 Å². The molecule has 4 rings (SSSR count). The summed E-state index contributed by atoms with van der Waals surface area (Å²) in [4.78, 5) is 40.0. The maximum atomic E-state index is 13.4. The highest BCUT2D eigenvalue weighted by Gasteiger charge is 2.88. The summed E-state index contributed by atoms with van der Waals surface area (Å²) in [5.41, 5.74) is -4.94. The highest BCUT2D eigenvalue weighted by atomic mass is 16.6. The predicted octanol–water partition coefficient (Wildman–Crippen LogP) is 4.77. The summed E-state index contributed by atoms with van der Waals surface area (Å²) in [5, 5.41) is 34.9. The number of ether oxygens (including phenoxy) is 2. The highest BCUT2D eigenvalue weighted by Crippen LogP contribution is 2.77. The van der Waals surface area contributed by atoms with Crippen LogP contribution >= 0.6 is 0 Å². The molecule has 0 aliphatic heterocycles. The van der Waals surface area contributed by atoms with Gasteiger partial charge in [0.25, 0.3) is 0 Å². The Bertz CT molecular complexity index is 1240. The molecule has 43 heavy (non-hydrogen) atoms. The number of fused-ring (bicyclic) bond motifs is 5. The third-order valence-electron chi connectivity index (χ3n) is 10.9. The fourth-order valence-corrected chi connectivity index (χ4v) is 8.24. The molecule has 0 aromatic heterocycles. The van der Waals surface area contributed by atoms with E-state index in [0.717, 1.165) is 25.7 Å². The van der Waals surface area contributed by atoms with Crippen molar-refractivity contribution in [3.05, 3.63) is 47.6 Å². The molecule has 0 aromatic rings. The lowest BCUT2D eigenvalue weighted by molar-refractivity contribution is -0.228. The van der Waals surface area contributed by atoms with E-state index in [1.165, 1.54) is 6.08 Å². The zero-order chi connectivity index (χ0) is 32.0. The van der Waals surface area contributed by atoms with Crippen LogP contribution in [0.15, 0.2) is 47.6 Å². The Morgan fingerprint density at radius 1 is 1.14 bits per heavy atom. The summed E-state index contributed by atoms with van der Waals surface area (Å²) in [6.45, 7) is 12.6. The standard InChI is InChI=1S/C35H50O8/c1-8-10-11-12-13-14-15-16-27(37)42-30-23(5)34(41)25(28-32(6,7)35(28,30)43-31(39)21(3)9-2)18-24(20-36)19-33(40)26(34)17-22(4)29(33)38/h13-18,21,23,25-26,28,30,36,40-41H,8-12,19-20H2,1-7H3. The SMILES string of the molecule is CCCCCC=CC=CC(=O)OC1C(C)C2(O)C(C=C(CO)CC3(O)C(=O)C(C)=CC32)C2C(C)(C)C12OC(=O)C(C)CC. The minimum Gasteiger partial charge on any atom is -0.455 e. The van der Waals surface area contributed by atoms with Gasteiger partial charge in [0.15, 0.2) is 11.4 Å². The minimum atomic E-state index is -1.96. The molecule has 0 aromatic carbocycles. The largest absolute Gasteiger partial charge is 0.455 e. The number of carbonyl (C=O) groups excluding carboxylic acids is 3. The van der Waals surface area contributed by atoms with Gasteiger partial charge in [0.1, 0.15) is 11.7 Å². The molecule has 4 aliphatic rings. The van der Waals surface area contributed by atoms with E-state index in [4.69, 9.17) is 9.47 Å². The summed E-state index contributed by atoms with van der Waals surface area (Å²) in [6.07, 6.45) is 13.7. The number of hydrogen-bond donors (Lipinski definition) is 3. The molecular formula is C35H50O8. The number of carbonyl (C=O) groups is 3. The first-order chi connectivity index (χ1) is 20.2. The number of hydrogen-bond acceptors (Lipinski definition) is 8. The van der Waals surface area contributed by atoms with Gasteiger partial charge in [-0.05, 0) is 37.3 Å². The van der Waals surface area contributed by atoms with Gasteiger partial charge in [-0.2, -0.15) is 0 Å². The van der Waals surface area contributed by atoms with Gasteiger partial charge in [-0.15, -0.1) is 0 Å². The maximum absolute atomic E-state index is 13.4. The van der Waals surface area contributed by atoms with Gasteiger partial charge < -0.3 is 24.8 Å². The topological polar surface area (TPSA) is 130 Å². The highest BCUT2D eigenvalue weighted by molar-refractivity contribution is 6.04. The first-order valence-electron chi connectivity index (χ1n) is 15.9. The van der Waals surface area contributed by atoms with Crippen molar-refractivity contribution >= 4 is 17.7 Å². The minimum absolute atomic E-state index is 0.128. The molecular weight excluding hydrogens is 548 g/mol. The number of ketones is 1. The van der Waals surface area contributed by atoms with Crippen LogP contribution in [0.2, 0.25) is 0 Å². The summed E-state index contributed by atoms with van der Waals surface area (Å²) in [5.74, 6) is -5.02. The van der Waals surface area contributed by atoms with Crippen LogP contribution in [0, 0.1) is 35.0 Å². The Kier molecular flexibility index (Phi) is 9.38. The zero-order valence-corrected chi connectivity index (χ0v) is 26.8. The fourth-order valence-electron chi connectivity index (χ4n) is 8.24. The maximum Gasteiger partial charge on any atom is 0.331 e. The van der Waals surface area contributed by atoms with Crippen LogP contribution in [0.4, 0.5) is 0 Å². The molecule has 0 spiro atoms. The zero-order valence-electron chi connectivity index (χ0n) is 26.8. The average molecular weight is 599 g/mol. The van der Waals surface area contributed by atoms with Crippen molar-refractivity contribution in [2.75, 3.05) is 6.61 Å². The van der Waals surface area contributed by atoms with E-state index in [9.17, 15) is 29.7 Å². The van der Waals surface area contributed by atoms with Crippen LogP contribution in [-0.2, 0) is 23.9 Å². The monoisotopic (exact) mass is 598 g/mol. The van der Waals surface area contributed by atoms with Gasteiger partial charge in [-0.3, -0.25) is 9.59 Å². The van der Waals surface area contributed by atoms with Crippen molar-refractivity contribution in [3.8, 4) is 0 Å². The Balaban J connectivity index is 1.79. The van der Waals surface area contributed by atoms with E-state index in [2.05, 4.69) is 6.92 Å². The first kappa shape index (κ1) is 33.3. The lowest BCUT2D eigenvalue weighted by Gasteiger charge is -2.53. The van der Waals surface area contributed by atoms with Crippen LogP contribution in [0.1, 0.15) is 87.0 Å². The quantitative estimate of drug-likeness (QED) is 0.102. The van der Waals surface area contributed by atoms with Crippen molar-refractivity contribution in [1.82, 2.24) is 0 Å².